The molecule has 1 N–H and O–H groups in total. The number of hydrogen-bond acceptors (Lipinski definition) is 6. The van der Waals surface area contributed by atoms with Gasteiger partial charge in [0.25, 0.3) is 15.7 Å². The molecular formula is C24H25N3O6S. The van der Waals surface area contributed by atoms with Crippen molar-refractivity contribution in [1.29, 1.82) is 0 Å². The molecule has 3 rings (SSSR count). The summed E-state index contributed by atoms with van der Waals surface area (Å²) in [7, 11) is -4.11. The molecule has 0 saturated carbocycles. The lowest BCUT2D eigenvalue weighted by Crippen LogP contribution is -2.41. The third kappa shape index (κ3) is 5.90. The van der Waals surface area contributed by atoms with Gasteiger partial charge in [0, 0.05) is 12.1 Å². The predicted octanol–water partition coefficient (Wildman–Crippen LogP) is 4.07. The second-order valence-corrected chi connectivity index (χ2v) is 9.25. The molecule has 178 valence electrons. The highest BCUT2D eigenvalue weighted by atomic mass is 32.2. The minimum absolute atomic E-state index is 0.000661. The lowest BCUT2D eigenvalue weighted by Gasteiger charge is -2.25. The molecule has 1 amide bonds. The number of amides is 1. The zero-order valence-electron chi connectivity index (χ0n) is 18.7. The summed E-state index contributed by atoms with van der Waals surface area (Å²) >= 11 is 0. The van der Waals surface area contributed by atoms with Crippen LogP contribution in [0.4, 0.5) is 11.4 Å². The Morgan fingerprint density at radius 1 is 1.03 bits per heavy atom. The summed E-state index contributed by atoms with van der Waals surface area (Å²) < 4.78 is 33.0. The summed E-state index contributed by atoms with van der Waals surface area (Å²) in [5.41, 5.74) is 0.775. The largest absolute Gasteiger partial charge is 0.494 e. The van der Waals surface area contributed by atoms with Crippen molar-refractivity contribution in [2.24, 2.45) is 0 Å². The van der Waals surface area contributed by atoms with E-state index in [1.54, 1.807) is 37.3 Å². The molecular weight excluding hydrogens is 458 g/mol. The topological polar surface area (TPSA) is 119 Å². The molecule has 0 aromatic heterocycles. The summed E-state index contributed by atoms with van der Waals surface area (Å²) in [4.78, 5) is 23.3. The summed E-state index contributed by atoms with van der Waals surface area (Å²) in [6.07, 6.45) is 0. The van der Waals surface area contributed by atoms with Crippen LogP contribution in [0, 0.1) is 10.1 Å². The third-order valence-electron chi connectivity index (χ3n) is 5.04. The Bertz CT molecular complexity index is 1230. The highest BCUT2D eigenvalue weighted by Crippen LogP contribution is 2.26. The SMILES string of the molecule is CCOc1ccc([C@H](C)NC(=O)CN(c2ccc([N+](=O)[O-])cc2)S(=O)(=O)c2ccccc2)cc1. The van der Waals surface area contributed by atoms with E-state index in [2.05, 4.69) is 5.32 Å². The van der Waals surface area contributed by atoms with E-state index < -0.39 is 27.4 Å². The normalized spacial score (nSPS) is 11.9. The molecule has 3 aromatic rings. The first-order valence-electron chi connectivity index (χ1n) is 10.6. The molecule has 0 bridgehead atoms. The van der Waals surface area contributed by atoms with Crippen molar-refractivity contribution >= 4 is 27.3 Å². The number of nitro groups is 1. The monoisotopic (exact) mass is 483 g/mol. The molecule has 0 aliphatic rings. The lowest BCUT2D eigenvalue weighted by atomic mass is 10.1. The van der Waals surface area contributed by atoms with E-state index in [-0.39, 0.29) is 22.3 Å². The van der Waals surface area contributed by atoms with Crippen molar-refractivity contribution in [2.75, 3.05) is 17.5 Å². The average Bonchev–Trinajstić information content (AvgIpc) is 2.83. The molecule has 0 fully saturated rings. The zero-order chi connectivity index (χ0) is 24.7. The molecule has 9 nitrogen and oxygen atoms in total. The van der Waals surface area contributed by atoms with Crippen LogP contribution in [-0.2, 0) is 14.8 Å². The van der Waals surface area contributed by atoms with Crippen molar-refractivity contribution in [3.8, 4) is 5.75 Å². The Morgan fingerprint density at radius 3 is 2.21 bits per heavy atom. The zero-order valence-corrected chi connectivity index (χ0v) is 19.6. The molecule has 0 spiro atoms. The second kappa shape index (κ2) is 10.8. The number of rotatable bonds is 10. The first-order chi connectivity index (χ1) is 16.2. The van der Waals surface area contributed by atoms with Gasteiger partial charge >= 0.3 is 0 Å². The molecule has 10 heteroatoms. The molecule has 3 aromatic carbocycles. The molecule has 0 aliphatic heterocycles. The molecule has 0 aliphatic carbocycles. The number of hydrogen-bond donors (Lipinski definition) is 1. The first kappa shape index (κ1) is 24.7. The summed E-state index contributed by atoms with van der Waals surface area (Å²) in [6, 6.07) is 19.6. The van der Waals surface area contributed by atoms with Gasteiger partial charge in [-0.05, 0) is 55.8 Å². The quantitative estimate of drug-likeness (QED) is 0.343. The van der Waals surface area contributed by atoms with Gasteiger partial charge in [-0.25, -0.2) is 8.42 Å². The van der Waals surface area contributed by atoms with Gasteiger partial charge in [0.1, 0.15) is 12.3 Å². The average molecular weight is 484 g/mol. The minimum atomic E-state index is -4.11. The van der Waals surface area contributed by atoms with E-state index in [0.717, 1.165) is 9.87 Å². The number of sulfonamides is 1. The van der Waals surface area contributed by atoms with Gasteiger partial charge < -0.3 is 10.1 Å². The minimum Gasteiger partial charge on any atom is -0.494 e. The number of nitrogens with one attached hydrogen (secondary N) is 1. The fourth-order valence-corrected chi connectivity index (χ4v) is 4.74. The van der Waals surface area contributed by atoms with Crippen molar-refractivity contribution in [3.63, 3.8) is 0 Å². The number of nitrogens with zero attached hydrogens (tertiary/aromatic N) is 2. The van der Waals surface area contributed by atoms with Crippen LogP contribution < -0.4 is 14.4 Å². The van der Waals surface area contributed by atoms with E-state index in [0.29, 0.717) is 12.4 Å². The second-order valence-electron chi connectivity index (χ2n) is 7.39. The number of nitro benzene ring substituents is 1. The van der Waals surface area contributed by atoms with Gasteiger partial charge in [-0.15, -0.1) is 0 Å². The van der Waals surface area contributed by atoms with Crippen LogP contribution >= 0.6 is 0 Å². The predicted molar refractivity (Wildman–Crippen MR) is 128 cm³/mol. The van der Waals surface area contributed by atoms with E-state index >= 15 is 0 Å². The molecule has 34 heavy (non-hydrogen) atoms. The molecule has 1 atom stereocenters. The van der Waals surface area contributed by atoms with E-state index in [4.69, 9.17) is 4.74 Å². The van der Waals surface area contributed by atoms with Crippen LogP contribution in [0.15, 0.2) is 83.8 Å². The van der Waals surface area contributed by atoms with E-state index in [1.807, 2.05) is 19.1 Å². The summed E-state index contributed by atoms with van der Waals surface area (Å²) in [6.45, 7) is 3.71. The van der Waals surface area contributed by atoms with Crippen molar-refractivity contribution in [1.82, 2.24) is 5.32 Å². The molecule has 0 saturated heterocycles. The van der Waals surface area contributed by atoms with Crippen LogP contribution in [0.25, 0.3) is 0 Å². The summed E-state index contributed by atoms with van der Waals surface area (Å²) in [5.74, 6) is 0.183. The van der Waals surface area contributed by atoms with Gasteiger partial charge in [-0.2, -0.15) is 0 Å². The fourth-order valence-electron chi connectivity index (χ4n) is 3.30. The Hall–Kier alpha value is -3.92. The molecule has 0 radical (unpaired) electrons. The van der Waals surface area contributed by atoms with Crippen molar-refractivity contribution in [3.05, 3.63) is 94.5 Å². The highest BCUT2D eigenvalue weighted by Gasteiger charge is 2.28. The van der Waals surface area contributed by atoms with Gasteiger partial charge in [0.15, 0.2) is 0 Å². The number of carbonyl (C=O) groups is 1. The highest BCUT2D eigenvalue weighted by molar-refractivity contribution is 7.92. The molecule has 0 unspecified atom stereocenters. The van der Waals surface area contributed by atoms with Gasteiger partial charge in [-0.3, -0.25) is 19.2 Å². The maximum absolute atomic E-state index is 13.3. The smallest absolute Gasteiger partial charge is 0.269 e. The van der Waals surface area contributed by atoms with Crippen LogP contribution in [0.1, 0.15) is 25.5 Å². The van der Waals surface area contributed by atoms with E-state index in [1.165, 1.54) is 36.4 Å². The molecule has 0 heterocycles. The first-order valence-corrected chi connectivity index (χ1v) is 12.0. The standard InChI is InChI=1S/C24H25N3O6S/c1-3-33-22-15-9-19(10-16-22)18(2)25-24(28)17-26(20-11-13-21(14-12-20)27(29)30)34(31,32)23-7-5-4-6-8-23/h4-16,18H,3,17H2,1-2H3,(H,25,28)/t18-/m0/s1. The van der Waals surface area contributed by atoms with Crippen LogP contribution in [0.2, 0.25) is 0 Å². The maximum Gasteiger partial charge on any atom is 0.269 e. The van der Waals surface area contributed by atoms with Gasteiger partial charge in [0.2, 0.25) is 5.91 Å². The Kier molecular flexibility index (Phi) is 7.85. The number of ether oxygens (including phenoxy) is 1. The third-order valence-corrected chi connectivity index (χ3v) is 6.82. The Labute approximate surface area is 198 Å². The van der Waals surface area contributed by atoms with E-state index in [9.17, 15) is 23.3 Å². The van der Waals surface area contributed by atoms with Gasteiger partial charge in [0.05, 0.1) is 28.2 Å². The Morgan fingerprint density at radius 2 is 1.65 bits per heavy atom. The van der Waals surface area contributed by atoms with Gasteiger partial charge in [-0.1, -0.05) is 30.3 Å². The van der Waals surface area contributed by atoms with Crippen molar-refractivity contribution < 1.29 is 22.9 Å². The Balaban J connectivity index is 1.84. The number of anilines is 1. The number of carbonyl (C=O) groups excluding carboxylic acids is 1. The lowest BCUT2D eigenvalue weighted by molar-refractivity contribution is -0.384. The van der Waals surface area contributed by atoms with Crippen LogP contribution in [0.3, 0.4) is 0 Å². The summed E-state index contributed by atoms with van der Waals surface area (Å²) in [5, 5.41) is 13.8. The maximum atomic E-state index is 13.3. The van der Waals surface area contributed by atoms with Crippen LogP contribution in [-0.4, -0.2) is 32.4 Å². The van der Waals surface area contributed by atoms with Crippen LogP contribution in [0.5, 0.6) is 5.75 Å². The number of benzene rings is 3. The number of non-ortho nitro benzene ring substituents is 1. The fraction of sp³-hybridized carbons (Fsp3) is 0.208. The van der Waals surface area contributed by atoms with Crippen molar-refractivity contribution in [2.45, 2.75) is 24.8 Å².